The van der Waals surface area contributed by atoms with Gasteiger partial charge in [0.25, 0.3) is 5.91 Å². The van der Waals surface area contributed by atoms with Crippen molar-refractivity contribution in [3.63, 3.8) is 0 Å². The molecule has 0 aliphatic heterocycles. The Bertz CT molecular complexity index is 609. The minimum Gasteiger partial charge on any atom is -0.353 e. The number of hydrogen-bond acceptors (Lipinski definition) is 5. The summed E-state index contributed by atoms with van der Waals surface area (Å²) in [6.07, 6.45) is 5.08. The van der Waals surface area contributed by atoms with Crippen LogP contribution in [0.2, 0.25) is 0 Å². The smallest absolute Gasteiger partial charge is 0.270 e. The summed E-state index contributed by atoms with van der Waals surface area (Å²) < 4.78 is 0. The molecule has 0 aromatic carbocycles. The molecule has 25 heavy (non-hydrogen) atoms. The van der Waals surface area contributed by atoms with Gasteiger partial charge in [-0.15, -0.1) is 0 Å². The Morgan fingerprint density at radius 1 is 1.12 bits per heavy atom. The third-order valence-corrected chi connectivity index (χ3v) is 4.12. The predicted molar refractivity (Wildman–Crippen MR) is 93.9 cm³/mol. The lowest BCUT2D eigenvalue weighted by atomic mass is 9.91. The summed E-state index contributed by atoms with van der Waals surface area (Å²) in [5.41, 5.74) is 6.23. The number of anilines is 1. The number of nitrogens with one attached hydrogen (secondary N) is 3. The minimum absolute atomic E-state index is 0.0153. The second kappa shape index (κ2) is 9.12. The first-order chi connectivity index (χ1) is 12.0. The molecule has 1 aliphatic rings. The van der Waals surface area contributed by atoms with Crippen LogP contribution < -0.4 is 21.7 Å². The Morgan fingerprint density at radius 3 is 2.28 bits per heavy atom. The number of carbonyl (C=O) groups excluding carboxylic acids is 3. The van der Waals surface area contributed by atoms with Crippen LogP contribution in [0.1, 0.15) is 49.5 Å². The Hall–Kier alpha value is -2.48. The number of rotatable bonds is 6. The number of aromatic nitrogens is 1. The van der Waals surface area contributed by atoms with E-state index in [4.69, 9.17) is 5.73 Å². The molecule has 0 bridgehead atoms. The molecule has 1 saturated carbocycles. The van der Waals surface area contributed by atoms with Gasteiger partial charge in [0.05, 0.1) is 11.9 Å². The fraction of sp³-hybridized carbons (Fsp3) is 0.529. The van der Waals surface area contributed by atoms with Crippen LogP contribution in [0.3, 0.4) is 0 Å². The van der Waals surface area contributed by atoms with E-state index in [-0.39, 0.29) is 29.8 Å². The third kappa shape index (κ3) is 6.15. The quantitative estimate of drug-likeness (QED) is 0.598. The third-order valence-electron chi connectivity index (χ3n) is 4.12. The van der Waals surface area contributed by atoms with Crippen LogP contribution in [-0.4, -0.2) is 41.3 Å². The molecule has 8 heteroatoms. The van der Waals surface area contributed by atoms with Gasteiger partial charge in [0.2, 0.25) is 11.8 Å². The van der Waals surface area contributed by atoms with Crippen LogP contribution in [0.4, 0.5) is 5.69 Å². The fourth-order valence-electron chi connectivity index (χ4n) is 2.88. The number of nitrogens with two attached hydrogens (primary N) is 1. The van der Waals surface area contributed by atoms with Crippen molar-refractivity contribution in [3.8, 4) is 0 Å². The van der Waals surface area contributed by atoms with Gasteiger partial charge >= 0.3 is 0 Å². The average Bonchev–Trinajstić information content (AvgIpc) is 2.57. The second-order valence-electron chi connectivity index (χ2n) is 6.24. The topological polar surface area (TPSA) is 126 Å². The van der Waals surface area contributed by atoms with E-state index in [1.165, 1.54) is 13.1 Å². The van der Waals surface area contributed by atoms with E-state index >= 15 is 0 Å². The lowest BCUT2D eigenvalue weighted by Gasteiger charge is -2.29. The zero-order valence-corrected chi connectivity index (χ0v) is 14.4. The summed E-state index contributed by atoms with van der Waals surface area (Å²) in [7, 11) is 0. The molecule has 1 aliphatic carbocycles. The van der Waals surface area contributed by atoms with E-state index < -0.39 is 0 Å². The molecule has 1 fully saturated rings. The standard InChI is InChI=1S/C17H25N5O3/c1-11(23)20-14-6-7-15(19-10-14)17(25)22-13-4-2-12(3-5-13)21-16(24)8-9-18/h6-7,10,12-13H,2-5,8-9,18H2,1H3,(H,20,23)(H,21,24)(H,22,25)/t12-,13-. The van der Waals surface area contributed by atoms with Crippen molar-refractivity contribution in [1.29, 1.82) is 0 Å². The molecular formula is C17H25N5O3. The summed E-state index contributed by atoms with van der Waals surface area (Å²) in [5.74, 6) is -0.433. The molecule has 0 unspecified atom stereocenters. The molecule has 0 spiro atoms. The summed E-state index contributed by atoms with van der Waals surface area (Å²) in [6, 6.07) is 3.46. The Labute approximate surface area is 146 Å². The second-order valence-corrected chi connectivity index (χ2v) is 6.24. The summed E-state index contributed by atoms with van der Waals surface area (Å²) >= 11 is 0. The van der Waals surface area contributed by atoms with Crippen LogP contribution in [0.5, 0.6) is 0 Å². The molecule has 1 aromatic rings. The van der Waals surface area contributed by atoms with Gasteiger partial charge in [-0.1, -0.05) is 0 Å². The largest absolute Gasteiger partial charge is 0.353 e. The molecule has 5 N–H and O–H groups in total. The van der Waals surface area contributed by atoms with Gasteiger partial charge in [0.1, 0.15) is 5.69 Å². The first-order valence-corrected chi connectivity index (χ1v) is 8.52. The van der Waals surface area contributed by atoms with E-state index in [1.54, 1.807) is 12.1 Å². The van der Waals surface area contributed by atoms with Crippen molar-refractivity contribution in [3.05, 3.63) is 24.0 Å². The van der Waals surface area contributed by atoms with Crippen LogP contribution in [0.25, 0.3) is 0 Å². The van der Waals surface area contributed by atoms with Crippen molar-refractivity contribution in [1.82, 2.24) is 15.6 Å². The van der Waals surface area contributed by atoms with Gasteiger partial charge in [-0.25, -0.2) is 4.98 Å². The molecule has 3 amide bonds. The van der Waals surface area contributed by atoms with E-state index in [0.29, 0.717) is 24.3 Å². The minimum atomic E-state index is -0.231. The van der Waals surface area contributed by atoms with Crippen molar-refractivity contribution < 1.29 is 14.4 Å². The molecule has 2 rings (SSSR count). The number of hydrogen-bond donors (Lipinski definition) is 4. The van der Waals surface area contributed by atoms with Gasteiger partial charge in [0, 0.05) is 32.0 Å². The number of amides is 3. The van der Waals surface area contributed by atoms with Crippen molar-refractivity contribution >= 4 is 23.4 Å². The lowest BCUT2D eigenvalue weighted by molar-refractivity contribution is -0.121. The normalized spacial score (nSPS) is 19.8. The zero-order chi connectivity index (χ0) is 18.2. The Morgan fingerprint density at radius 2 is 1.76 bits per heavy atom. The SMILES string of the molecule is CC(=O)Nc1ccc(C(=O)N[C@H]2CC[C@H](NC(=O)CCN)CC2)nc1. The highest BCUT2D eigenvalue weighted by molar-refractivity contribution is 5.93. The van der Waals surface area contributed by atoms with Crippen LogP contribution in [-0.2, 0) is 9.59 Å². The first-order valence-electron chi connectivity index (χ1n) is 8.52. The van der Waals surface area contributed by atoms with E-state index in [1.807, 2.05) is 0 Å². The molecule has 1 aromatic heterocycles. The van der Waals surface area contributed by atoms with Gasteiger partial charge in [-0.2, -0.15) is 0 Å². The molecule has 0 atom stereocenters. The summed E-state index contributed by atoms with van der Waals surface area (Å²) in [6.45, 7) is 1.76. The van der Waals surface area contributed by atoms with Crippen LogP contribution in [0, 0.1) is 0 Å². The molecule has 0 radical (unpaired) electrons. The number of nitrogens with zero attached hydrogens (tertiary/aromatic N) is 1. The van der Waals surface area contributed by atoms with E-state index in [9.17, 15) is 14.4 Å². The summed E-state index contributed by atoms with van der Waals surface area (Å²) in [5, 5.41) is 8.55. The highest BCUT2D eigenvalue weighted by atomic mass is 16.2. The van der Waals surface area contributed by atoms with E-state index in [0.717, 1.165) is 25.7 Å². The Balaban J connectivity index is 1.78. The Kier molecular flexibility index (Phi) is 6.88. The fourth-order valence-corrected chi connectivity index (χ4v) is 2.88. The zero-order valence-electron chi connectivity index (χ0n) is 14.4. The lowest BCUT2D eigenvalue weighted by Crippen LogP contribution is -2.44. The van der Waals surface area contributed by atoms with E-state index in [2.05, 4.69) is 20.9 Å². The van der Waals surface area contributed by atoms with Crippen LogP contribution >= 0.6 is 0 Å². The first kappa shape index (κ1) is 18.9. The van der Waals surface area contributed by atoms with Gasteiger partial charge in [-0.05, 0) is 37.8 Å². The predicted octanol–water partition coefficient (Wildman–Crippen LogP) is 0.546. The van der Waals surface area contributed by atoms with Crippen molar-refractivity contribution in [2.75, 3.05) is 11.9 Å². The molecule has 0 saturated heterocycles. The maximum atomic E-state index is 12.2. The average molecular weight is 347 g/mol. The monoisotopic (exact) mass is 347 g/mol. The molecule has 1 heterocycles. The van der Waals surface area contributed by atoms with Gasteiger partial charge in [-0.3, -0.25) is 14.4 Å². The van der Waals surface area contributed by atoms with Crippen molar-refractivity contribution in [2.45, 2.75) is 51.1 Å². The summed E-state index contributed by atoms with van der Waals surface area (Å²) in [4.78, 5) is 38.9. The molecule has 8 nitrogen and oxygen atoms in total. The highest BCUT2D eigenvalue weighted by Gasteiger charge is 2.24. The molecule has 136 valence electrons. The van der Waals surface area contributed by atoms with Gasteiger partial charge in [0.15, 0.2) is 0 Å². The molecular weight excluding hydrogens is 322 g/mol. The van der Waals surface area contributed by atoms with Gasteiger partial charge < -0.3 is 21.7 Å². The number of carbonyl (C=O) groups is 3. The van der Waals surface area contributed by atoms with Crippen LogP contribution in [0.15, 0.2) is 18.3 Å². The maximum absolute atomic E-state index is 12.2. The number of pyridine rings is 1. The highest BCUT2D eigenvalue weighted by Crippen LogP contribution is 2.19. The maximum Gasteiger partial charge on any atom is 0.270 e. The van der Waals surface area contributed by atoms with Crippen molar-refractivity contribution in [2.24, 2.45) is 5.73 Å².